The Bertz CT molecular complexity index is 435. The summed E-state index contributed by atoms with van der Waals surface area (Å²) in [4.78, 5) is 11.9. The van der Waals surface area contributed by atoms with Crippen LogP contribution in [0.2, 0.25) is 5.02 Å². The Balaban J connectivity index is 2.49. The molecule has 0 spiro atoms. The average molecular weight is 304 g/mol. The van der Waals surface area contributed by atoms with Gasteiger partial charge in [-0.3, -0.25) is 4.79 Å². The molecule has 106 valence electrons. The number of halogens is 2. The summed E-state index contributed by atoms with van der Waals surface area (Å²) in [6.45, 7) is 6.19. The average Bonchev–Trinajstić information content (AvgIpc) is 2.36. The van der Waals surface area contributed by atoms with Crippen molar-refractivity contribution in [2.24, 2.45) is 5.41 Å². The van der Waals surface area contributed by atoms with Gasteiger partial charge in [0, 0.05) is 17.4 Å². The molecule has 1 unspecified atom stereocenters. The Kier molecular flexibility index (Phi) is 5.95. The predicted octanol–water partition coefficient (Wildman–Crippen LogP) is 3.49. The van der Waals surface area contributed by atoms with Crippen LogP contribution in [-0.4, -0.2) is 24.4 Å². The van der Waals surface area contributed by atoms with Gasteiger partial charge in [-0.05, 0) is 30.5 Å². The first-order valence-corrected chi connectivity index (χ1v) is 7.01. The monoisotopic (exact) mass is 303 g/mol. The highest BCUT2D eigenvalue weighted by atomic mass is 35.5. The van der Waals surface area contributed by atoms with E-state index < -0.39 is 6.10 Å². The maximum atomic E-state index is 11.9. The lowest BCUT2D eigenvalue weighted by molar-refractivity contribution is -0.127. The molecule has 1 aromatic rings. The Morgan fingerprint density at radius 1 is 1.47 bits per heavy atom. The maximum Gasteiger partial charge on any atom is 0.260 e. The smallest absolute Gasteiger partial charge is 0.260 e. The fourth-order valence-corrected chi connectivity index (χ4v) is 1.59. The Hall–Kier alpha value is -0.930. The summed E-state index contributed by atoms with van der Waals surface area (Å²) in [5, 5.41) is 3.40. The molecule has 0 saturated heterocycles. The second-order valence-corrected chi connectivity index (χ2v) is 5.94. The van der Waals surface area contributed by atoms with Crippen LogP contribution in [0.5, 0.6) is 5.75 Å². The number of hydrogen-bond donors (Lipinski definition) is 1. The highest BCUT2D eigenvalue weighted by molar-refractivity contribution is 6.30. The van der Waals surface area contributed by atoms with Crippen LogP contribution in [0.3, 0.4) is 0 Å². The van der Waals surface area contributed by atoms with Crippen molar-refractivity contribution in [2.75, 3.05) is 12.4 Å². The highest BCUT2D eigenvalue weighted by Crippen LogP contribution is 2.19. The van der Waals surface area contributed by atoms with E-state index in [-0.39, 0.29) is 11.3 Å². The standard InChI is InChI=1S/C14H19Cl2NO2/c1-10(13(18)17-9-14(2,3)8-15)19-12-6-4-5-11(16)7-12/h4-7,10H,8-9H2,1-3H3,(H,17,18). The van der Waals surface area contributed by atoms with Gasteiger partial charge in [0.1, 0.15) is 5.75 Å². The van der Waals surface area contributed by atoms with E-state index in [0.29, 0.717) is 23.2 Å². The van der Waals surface area contributed by atoms with Crippen molar-refractivity contribution >= 4 is 29.1 Å². The molecule has 0 radical (unpaired) electrons. The Morgan fingerprint density at radius 3 is 2.74 bits per heavy atom. The van der Waals surface area contributed by atoms with E-state index in [1.54, 1.807) is 31.2 Å². The van der Waals surface area contributed by atoms with Crippen LogP contribution in [0.15, 0.2) is 24.3 Å². The van der Waals surface area contributed by atoms with Gasteiger partial charge in [-0.1, -0.05) is 31.5 Å². The van der Waals surface area contributed by atoms with E-state index in [4.69, 9.17) is 27.9 Å². The molecule has 0 aromatic heterocycles. The molecule has 0 bridgehead atoms. The Labute approximate surface area is 124 Å². The van der Waals surface area contributed by atoms with Gasteiger partial charge < -0.3 is 10.1 Å². The molecule has 19 heavy (non-hydrogen) atoms. The molecule has 1 N–H and O–H groups in total. The summed E-state index contributed by atoms with van der Waals surface area (Å²) >= 11 is 11.7. The second kappa shape index (κ2) is 7.01. The van der Waals surface area contributed by atoms with Crippen molar-refractivity contribution in [3.05, 3.63) is 29.3 Å². The maximum absolute atomic E-state index is 11.9. The summed E-state index contributed by atoms with van der Waals surface area (Å²) < 4.78 is 5.53. The van der Waals surface area contributed by atoms with Gasteiger partial charge in [-0.25, -0.2) is 0 Å². The van der Waals surface area contributed by atoms with Gasteiger partial charge in [-0.15, -0.1) is 11.6 Å². The summed E-state index contributed by atoms with van der Waals surface area (Å²) in [6.07, 6.45) is -0.579. The number of carbonyl (C=O) groups excluding carboxylic acids is 1. The first-order chi connectivity index (χ1) is 8.84. The van der Waals surface area contributed by atoms with Crippen molar-refractivity contribution in [3.8, 4) is 5.75 Å². The van der Waals surface area contributed by atoms with Gasteiger partial charge >= 0.3 is 0 Å². The third kappa shape index (κ3) is 5.70. The molecule has 0 fully saturated rings. The minimum absolute atomic E-state index is 0.132. The molecule has 3 nitrogen and oxygen atoms in total. The lowest BCUT2D eigenvalue weighted by Crippen LogP contribution is -2.41. The quantitative estimate of drug-likeness (QED) is 0.817. The summed E-state index contributed by atoms with van der Waals surface area (Å²) in [7, 11) is 0. The van der Waals surface area contributed by atoms with E-state index in [1.165, 1.54) is 0 Å². The van der Waals surface area contributed by atoms with Crippen molar-refractivity contribution < 1.29 is 9.53 Å². The van der Waals surface area contributed by atoms with Crippen molar-refractivity contribution in [1.82, 2.24) is 5.32 Å². The molecule has 5 heteroatoms. The highest BCUT2D eigenvalue weighted by Gasteiger charge is 2.20. The zero-order valence-electron chi connectivity index (χ0n) is 11.4. The van der Waals surface area contributed by atoms with Crippen LogP contribution in [0.25, 0.3) is 0 Å². The number of nitrogens with one attached hydrogen (secondary N) is 1. The van der Waals surface area contributed by atoms with Gasteiger partial charge in [0.15, 0.2) is 6.10 Å². The van der Waals surface area contributed by atoms with Crippen molar-refractivity contribution in [2.45, 2.75) is 26.9 Å². The molecule has 0 saturated carbocycles. The van der Waals surface area contributed by atoms with E-state index in [1.807, 2.05) is 13.8 Å². The lowest BCUT2D eigenvalue weighted by Gasteiger charge is -2.23. The lowest BCUT2D eigenvalue weighted by atomic mass is 9.96. The SMILES string of the molecule is CC(Oc1cccc(Cl)c1)C(=O)NCC(C)(C)CCl. The molecular formula is C14H19Cl2NO2. The van der Waals surface area contributed by atoms with Crippen LogP contribution in [0.1, 0.15) is 20.8 Å². The molecule has 1 atom stereocenters. The summed E-state index contributed by atoms with van der Waals surface area (Å²) in [6, 6.07) is 6.97. The largest absolute Gasteiger partial charge is 0.481 e. The zero-order valence-corrected chi connectivity index (χ0v) is 12.9. The minimum atomic E-state index is -0.579. The van der Waals surface area contributed by atoms with Gasteiger partial charge in [0.05, 0.1) is 0 Å². The number of rotatable bonds is 6. The van der Waals surface area contributed by atoms with Gasteiger partial charge in [0.25, 0.3) is 5.91 Å². The van der Waals surface area contributed by atoms with Crippen molar-refractivity contribution in [1.29, 1.82) is 0 Å². The second-order valence-electron chi connectivity index (χ2n) is 5.23. The van der Waals surface area contributed by atoms with Crippen LogP contribution in [0, 0.1) is 5.41 Å². The predicted molar refractivity (Wildman–Crippen MR) is 79.1 cm³/mol. The fraction of sp³-hybridized carbons (Fsp3) is 0.500. The molecule has 0 heterocycles. The van der Waals surface area contributed by atoms with Crippen LogP contribution < -0.4 is 10.1 Å². The number of hydrogen-bond acceptors (Lipinski definition) is 2. The molecule has 0 aliphatic carbocycles. The van der Waals surface area contributed by atoms with Gasteiger partial charge in [0.2, 0.25) is 0 Å². The first-order valence-electron chi connectivity index (χ1n) is 6.10. The number of benzene rings is 1. The zero-order chi connectivity index (χ0) is 14.5. The van der Waals surface area contributed by atoms with Gasteiger partial charge in [-0.2, -0.15) is 0 Å². The third-order valence-corrected chi connectivity index (χ3v) is 3.54. The van der Waals surface area contributed by atoms with Crippen LogP contribution in [0.4, 0.5) is 0 Å². The molecule has 1 rings (SSSR count). The molecular weight excluding hydrogens is 285 g/mol. The number of carbonyl (C=O) groups is 1. The van der Waals surface area contributed by atoms with E-state index >= 15 is 0 Å². The molecule has 0 aliphatic rings. The number of ether oxygens (including phenoxy) is 1. The van der Waals surface area contributed by atoms with E-state index in [9.17, 15) is 4.79 Å². The first kappa shape index (κ1) is 16.1. The van der Waals surface area contributed by atoms with E-state index in [0.717, 1.165) is 0 Å². The fourth-order valence-electron chi connectivity index (χ4n) is 1.32. The van der Waals surface area contributed by atoms with E-state index in [2.05, 4.69) is 5.32 Å². The third-order valence-electron chi connectivity index (χ3n) is 2.58. The van der Waals surface area contributed by atoms with Crippen LogP contribution >= 0.6 is 23.2 Å². The summed E-state index contributed by atoms with van der Waals surface area (Å²) in [5.74, 6) is 0.890. The topological polar surface area (TPSA) is 38.3 Å². The minimum Gasteiger partial charge on any atom is -0.481 e. The molecule has 1 aromatic carbocycles. The number of alkyl halides is 1. The Morgan fingerprint density at radius 2 is 2.16 bits per heavy atom. The molecule has 1 amide bonds. The van der Waals surface area contributed by atoms with Crippen LogP contribution in [-0.2, 0) is 4.79 Å². The van der Waals surface area contributed by atoms with Crippen molar-refractivity contribution in [3.63, 3.8) is 0 Å². The summed E-state index contributed by atoms with van der Waals surface area (Å²) in [5.41, 5.74) is -0.132. The normalized spacial score (nSPS) is 12.9. The number of amides is 1. The molecule has 0 aliphatic heterocycles.